The van der Waals surface area contributed by atoms with Crippen LogP contribution in [0.1, 0.15) is 28.8 Å². The Balaban J connectivity index is 0.00000289. The molecule has 0 unspecified atom stereocenters. The molecule has 1 fully saturated rings. The summed E-state index contributed by atoms with van der Waals surface area (Å²) < 4.78 is 28.0. The predicted octanol–water partition coefficient (Wildman–Crippen LogP) is 4.23. The number of benzene rings is 2. The average molecular weight is 462 g/mol. The second-order valence-electron chi connectivity index (χ2n) is 7.42. The molecule has 2 aliphatic heterocycles. The number of carbonyl (C=O) groups excluding carboxylic acids is 1. The molecule has 2 heterocycles. The predicted molar refractivity (Wildman–Crippen MR) is 124 cm³/mol. The third kappa shape index (κ3) is 4.79. The minimum absolute atomic E-state index is 0. The molecule has 7 nitrogen and oxygen atoms in total. The molecule has 2 aromatic rings. The molecule has 4 rings (SSSR count). The number of allylic oxidation sites excluding steroid dienone is 1. The number of methoxy groups -OCH3 is 3. The number of carbonyl (C=O) groups is 1. The summed E-state index contributed by atoms with van der Waals surface area (Å²) in [6, 6.07) is 8.87. The first kappa shape index (κ1) is 23.8. The van der Waals surface area contributed by atoms with Gasteiger partial charge in [-0.2, -0.15) is 0 Å². The molecule has 172 valence electrons. The Kier molecular flexibility index (Phi) is 7.88. The number of ether oxygens (including phenoxy) is 5. The Hall–Kier alpha value is -2.90. The van der Waals surface area contributed by atoms with Crippen LogP contribution in [0.5, 0.6) is 28.7 Å². The SMILES string of the molecule is COc1ccc(/C=C2\Oc3cc(OCCN4CCCC4)ccc3C2=O)c(OC)c1OC.Cl. The standard InChI is InChI=1S/C24H27NO6.ClH/c1-27-19-9-6-16(23(28-2)24(19)29-3)14-21-22(26)18-8-7-17(15-20(18)31-21)30-13-12-25-10-4-5-11-25;/h6-9,14-15H,4-5,10-13H2,1-3H3;1H/b21-14-;. The summed E-state index contributed by atoms with van der Waals surface area (Å²) in [4.78, 5) is 15.2. The summed E-state index contributed by atoms with van der Waals surface area (Å²) in [6.07, 6.45) is 4.17. The molecule has 2 aliphatic rings. The zero-order chi connectivity index (χ0) is 21.8. The van der Waals surface area contributed by atoms with Gasteiger partial charge in [-0.05, 0) is 56.3 Å². The van der Waals surface area contributed by atoms with E-state index in [9.17, 15) is 4.79 Å². The maximum absolute atomic E-state index is 12.8. The average Bonchev–Trinajstić information content (AvgIpc) is 3.41. The zero-order valence-electron chi connectivity index (χ0n) is 18.5. The van der Waals surface area contributed by atoms with E-state index in [0.29, 0.717) is 46.5 Å². The maximum Gasteiger partial charge on any atom is 0.231 e. The summed E-state index contributed by atoms with van der Waals surface area (Å²) in [5, 5.41) is 0. The van der Waals surface area contributed by atoms with Crippen molar-refractivity contribution in [2.24, 2.45) is 0 Å². The topological polar surface area (TPSA) is 66.5 Å². The Morgan fingerprint density at radius 2 is 1.75 bits per heavy atom. The number of hydrogen-bond donors (Lipinski definition) is 0. The van der Waals surface area contributed by atoms with Gasteiger partial charge in [0, 0.05) is 18.2 Å². The van der Waals surface area contributed by atoms with Crippen LogP contribution in [-0.2, 0) is 0 Å². The van der Waals surface area contributed by atoms with Gasteiger partial charge in [0.25, 0.3) is 0 Å². The maximum atomic E-state index is 12.8. The summed E-state index contributed by atoms with van der Waals surface area (Å²) in [5.74, 6) is 2.68. The van der Waals surface area contributed by atoms with E-state index >= 15 is 0 Å². The first-order valence-corrected chi connectivity index (χ1v) is 10.4. The van der Waals surface area contributed by atoms with Crippen LogP contribution in [0.3, 0.4) is 0 Å². The summed E-state index contributed by atoms with van der Waals surface area (Å²) in [6.45, 7) is 3.79. The van der Waals surface area contributed by atoms with E-state index in [2.05, 4.69) is 4.90 Å². The minimum atomic E-state index is -0.185. The molecule has 2 aromatic carbocycles. The highest BCUT2D eigenvalue weighted by Crippen LogP contribution is 2.42. The van der Waals surface area contributed by atoms with E-state index in [1.54, 1.807) is 37.5 Å². The van der Waals surface area contributed by atoms with Gasteiger partial charge in [-0.3, -0.25) is 9.69 Å². The lowest BCUT2D eigenvalue weighted by Gasteiger charge is -2.15. The largest absolute Gasteiger partial charge is 0.493 e. The quantitative estimate of drug-likeness (QED) is 0.545. The fourth-order valence-corrected chi connectivity index (χ4v) is 3.94. The zero-order valence-corrected chi connectivity index (χ0v) is 19.3. The second kappa shape index (κ2) is 10.6. The van der Waals surface area contributed by atoms with Crippen molar-refractivity contribution in [2.45, 2.75) is 12.8 Å². The summed E-state index contributed by atoms with van der Waals surface area (Å²) in [7, 11) is 4.63. The molecule has 0 aliphatic carbocycles. The van der Waals surface area contributed by atoms with Crippen molar-refractivity contribution in [1.82, 2.24) is 4.90 Å². The van der Waals surface area contributed by atoms with E-state index < -0.39 is 0 Å². The van der Waals surface area contributed by atoms with Crippen molar-refractivity contribution in [3.63, 3.8) is 0 Å². The van der Waals surface area contributed by atoms with Crippen molar-refractivity contribution in [1.29, 1.82) is 0 Å². The van der Waals surface area contributed by atoms with Gasteiger partial charge in [-0.1, -0.05) is 0 Å². The van der Waals surface area contributed by atoms with Crippen LogP contribution >= 0.6 is 12.4 Å². The van der Waals surface area contributed by atoms with Crippen LogP contribution in [0.2, 0.25) is 0 Å². The van der Waals surface area contributed by atoms with Crippen molar-refractivity contribution < 1.29 is 28.5 Å². The molecular weight excluding hydrogens is 434 g/mol. The Morgan fingerprint density at radius 1 is 1.00 bits per heavy atom. The lowest BCUT2D eigenvalue weighted by molar-refractivity contribution is 0.101. The molecule has 0 aromatic heterocycles. The van der Waals surface area contributed by atoms with Gasteiger partial charge in [0.2, 0.25) is 11.5 Å². The molecule has 0 radical (unpaired) electrons. The van der Waals surface area contributed by atoms with E-state index in [1.165, 1.54) is 27.1 Å². The van der Waals surface area contributed by atoms with Gasteiger partial charge >= 0.3 is 0 Å². The molecule has 0 saturated carbocycles. The molecule has 0 atom stereocenters. The minimum Gasteiger partial charge on any atom is -0.493 e. The molecule has 1 saturated heterocycles. The number of ketones is 1. The fraction of sp³-hybridized carbons (Fsp3) is 0.375. The number of Topliss-reactive ketones (excluding diaryl/α,β-unsaturated/α-hetero) is 1. The van der Waals surface area contributed by atoms with E-state index in [1.807, 2.05) is 6.07 Å². The molecule has 0 spiro atoms. The molecule has 8 heteroatoms. The highest BCUT2D eigenvalue weighted by Gasteiger charge is 2.28. The molecular formula is C24H28ClNO6. The van der Waals surface area contributed by atoms with Crippen LogP contribution < -0.4 is 23.7 Å². The fourth-order valence-electron chi connectivity index (χ4n) is 3.94. The monoisotopic (exact) mass is 461 g/mol. The highest BCUT2D eigenvalue weighted by molar-refractivity contribution is 6.14. The van der Waals surface area contributed by atoms with Gasteiger partial charge in [-0.15, -0.1) is 12.4 Å². The van der Waals surface area contributed by atoms with Crippen LogP contribution in [0.15, 0.2) is 36.1 Å². The van der Waals surface area contributed by atoms with E-state index in [-0.39, 0.29) is 23.9 Å². The lowest BCUT2D eigenvalue weighted by Crippen LogP contribution is -2.25. The number of hydrogen-bond acceptors (Lipinski definition) is 7. The number of nitrogens with zero attached hydrogens (tertiary/aromatic N) is 1. The van der Waals surface area contributed by atoms with Crippen molar-refractivity contribution in [3.8, 4) is 28.7 Å². The van der Waals surface area contributed by atoms with Gasteiger partial charge in [-0.25, -0.2) is 0 Å². The number of halogens is 1. The normalized spacial score (nSPS) is 16.3. The van der Waals surface area contributed by atoms with Crippen molar-refractivity contribution in [2.75, 3.05) is 47.6 Å². The third-order valence-electron chi connectivity index (χ3n) is 5.54. The van der Waals surface area contributed by atoms with Crippen LogP contribution in [-0.4, -0.2) is 58.3 Å². The number of rotatable bonds is 8. The number of fused-ring (bicyclic) bond motifs is 1. The smallest absolute Gasteiger partial charge is 0.231 e. The van der Waals surface area contributed by atoms with E-state index in [0.717, 1.165) is 19.6 Å². The van der Waals surface area contributed by atoms with Gasteiger partial charge < -0.3 is 23.7 Å². The Labute approximate surface area is 194 Å². The van der Waals surface area contributed by atoms with Crippen LogP contribution in [0.25, 0.3) is 6.08 Å². The molecule has 0 amide bonds. The summed E-state index contributed by atoms with van der Waals surface area (Å²) >= 11 is 0. The van der Waals surface area contributed by atoms with Gasteiger partial charge in [0.1, 0.15) is 18.1 Å². The van der Waals surface area contributed by atoms with Gasteiger partial charge in [0.15, 0.2) is 17.3 Å². The van der Waals surface area contributed by atoms with Crippen LogP contribution in [0.4, 0.5) is 0 Å². The van der Waals surface area contributed by atoms with Gasteiger partial charge in [0.05, 0.1) is 26.9 Å². The first-order chi connectivity index (χ1) is 15.1. The first-order valence-electron chi connectivity index (χ1n) is 10.4. The van der Waals surface area contributed by atoms with Crippen molar-refractivity contribution >= 4 is 24.3 Å². The van der Waals surface area contributed by atoms with E-state index in [4.69, 9.17) is 23.7 Å². The Bertz CT molecular complexity index is 1000. The van der Waals surface area contributed by atoms with Crippen molar-refractivity contribution in [3.05, 3.63) is 47.2 Å². The summed E-state index contributed by atoms with van der Waals surface area (Å²) in [5.41, 5.74) is 1.16. The third-order valence-corrected chi connectivity index (χ3v) is 5.54. The molecule has 32 heavy (non-hydrogen) atoms. The second-order valence-corrected chi connectivity index (χ2v) is 7.42. The molecule has 0 bridgehead atoms. The molecule has 0 N–H and O–H groups in total. The highest BCUT2D eigenvalue weighted by atomic mass is 35.5. The lowest BCUT2D eigenvalue weighted by atomic mass is 10.1. The Morgan fingerprint density at radius 3 is 2.44 bits per heavy atom. The van der Waals surface area contributed by atoms with Crippen LogP contribution in [0, 0.1) is 0 Å². The number of likely N-dealkylation sites (tertiary alicyclic amines) is 1.